The number of nitrogens with one attached hydrogen (secondary N) is 1. The van der Waals surface area contributed by atoms with Crippen LogP contribution in [0.1, 0.15) is 30.5 Å². The van der Waals surface area contributed by atoms with Crippen LogP contribution in [0.4, 0.5) is 10.5 Å². The molecule has 2 aliphatic rings. The van der Waals surface area contributed by atoms with Crippen LogP contribution >= 0.6 is 0 Å². The van der Waals surface area contributed by atoms with Gasteiger partial charge >= 0.3 is 6.03 Å². The highest BCUT2D eigenvalue weighted by Gasteiger charge is 2.52. The first-order chi connectivity index (χ1) is 23.1. The van der Waals surface area contributed by atoms with Crippen molar-refractivity contribution >= 4 is 34.3 Å². The van der Waals surface area contributed by atoms with E-state index in [1.54, 1.807) is 39.1 Å². The van der Waals surface area contributed by atoms with Gasteiger partial charge in [-0.3, -0.25) is 24.7 Å². The van der Waals surface area contributed by atoms with Crippen LogP contribution in [-0.2, 0) is 29.1 Å². The van der Waals surface area contributed by atoms with Crippen molar-refractivity contribution in [2.75, 3.05) is 20.2 Å². The molecule has 0 aromatic heterocycles. The molecule has 2 heterocycles. The molecule has 248 valence electrons. The summed E-state index contributed by atoms with van der Waals surface area (Å²) in [6.07, 6.45) is -0.438. The molecule has 12 heteroatoms. The highest BCUT2D eigenvalue weighted by atomic mass is 16.6. The number of nitro groups is 1. The number of fused-ring (bicyclic) bond motifs is 2. The highest BCUT2D eigenvalue weighted by Crippen LogP contribution is 2.32. The third kappa shape index (κ3) is 6.52. The van der Waals surface area contributed by atoms with Crippen molar-refractivity contribution in [2.45, 2.75) is 51.6 Å². The van der Waals surface area contributed by atoms with E-state index >= 15 is 0 Å². The summed E-state index contributed by atoms with van der Waals surface area (Å²) in [7, 11) is 1.59. The lowest BCUT2D eigenvalue weighted by molar-refractivity contribution is -0.384. The first kappa shape index (κ1) is 32.5. The standard InChI is InChI=1S/C36H38N6O6/c1-24(2)41(36(45)37-20-26-13-17-30(48-3)18-14-26)39-23-34(43)40-32(19-25-11-15-29(16-12-25)42(46)47)35(44)38(22-33(39)40)21-28-9-6-8-27-7-4-5-10-31(27)28/h4-18,24,32-33H,19-23H2,1-3H3,(H,37,45)/t32-,33+/m0/s1. The van der Waals surface area contributed by atoms with Crippen LogP contribution in [0.15, 0.2) is 91.0 Å². The molecule has 0 unspecified atom stereocenters. The van der Waals surface area contributed by atoms with Crippen LogP contribution in [-0.4, -0.2) is 81.0 Å². The van der Waals surface area contributed by atoms with Gasteiger partial charge in [0.05, 0.1) is 25.1 Å². The molecule has 6 rings (SSSR count). The molecule has 0 bridgehead atoms. The Hall–Kier alpha value is -5.49. The predicted octanol–water partition coefficient (Wildman–Crippen LogP) is 4.72. The van der Waals surface area contributed by atoms with E-state index in [0.717, 1.165) is 21.9 Å². The van der Waals surface area contributed by atoms with Crippen LogP contribution in [0.3, 0.4) is 0 Å². The van der Waals surface area contributed by atoms with Gasteiger partial charge in [-0.1, -0.05) is 66.7 Å². The second-order valence-corrected chi connectivity index (χ2v) is 12.3. The number of benzene rings is 4. The third-order valence-corrected chi connectivity index (χ3v) is 8.96. The quantitative estimate of drug-likeness (QED) is 0.194. The summed E-state index contributed by atoms with van der Waals surface area (Å²) in [5, 5.41) is 19.7. The average molecular weight is 651 g/mol. The zero-order chi connectivity index (χ0) is 33.9. The van der Waals surface area contributed by atoms with E-state index in [9.17, 15) is 24.5 Å². The number of hydrazine groups is 1. The van der Waals surface area contributed by atoms with E-state index in [4.69, 9.17) is 4.74 Å². The number of nitrogens with zero attached hydrogens (tertiary/aromatic N) is 5. The van der Waals surface area contributed by atoms with Crippen molar-refractivity contribution in [2.24, 2.45) is 0 Å². The molecule has 4 amide bonds. The average Bonchev–Trinajstić information content (AvgIpc) is 3.40. The van der Waals surface area contributed by atoms with E-state index in [2.05, 4.69) is 5.32 Å². The summed E-state index contributed by atoms with van der Waals surface area (Å²) in [5.41, 5.74) is 2.49. The normalized spacial score (nSPS) is 17.9. The van der Waals surface area contributed by atoms with Gasteiger partial charge in [0.25, 0.3) is 5.69 Å². The van der Waals surface area contributed by atoms with Gasteiger partial charge in [0, 0.05) is 37.7 Å². The second-order valence-electron chi connectivity index (χ2n) is 12.3. The molecular formula is C36H38N6O6. The van der Waals surface area contributed by atoms with Gasteiger partial charge in [-0.05, 0) is 53.4 Å². The van der Waals surface area contributed by atoms with E-state index in [0.29, 0.717) is 17.9 Å². The SMILES string of the molecule is COc1ccc(CNC(=O)N(C(C)C)N2CC(=O)N3[C@@H](Cc4ccc([N+](=O)[O-])cc4)C(=O)N(Cc4cccc5ccccc45)C[C@@H]32)cc1. The Kier molecular flexibility index (Phi) is 9.26. The Labute approximate surface area is 278 Å². The van der Waals surface area contributed by atoms with E-state index in [-0.39, 0.29) is 55.6 Å². The summed E-state index contributed by atoms with van der Waals surface area (Å²) in [4.78, 5) is 56.0. The summed E-state index contributed by atoms with van der Waals surface area (Å²) in [6.45, 7) is 4.47. The zero-order valence-electron chi connectivity index (χ0n) is 27.1. The Morgan fingerprint density at radius 2 is 1.67 bits per heavy atom. The lowest BCUT2D eigenvalue weighted by Crippen LogP contribution is -2.66. The number of hydrogen-bond acceptors (Lipinski definition) is 7. The minimum Gasteiger partial charge on any atom is -0.497 e. The number of urea groups is 1. The Morgan fingerprint density at radius 1 is 0.979 bits per heavy atom. The summed E-state index contributed by atoms with van der Waals surface area (Å²) in [6, 6.07) is 25.9. The molecule has 0 aliphatic carbocycles. The number of amides is 4. The molecule has 2 atom stereocenters. The van der Waals surface area contributed by atoms with E-state index in [1.807, 2.05) is 80.6 Å². The van der Waals surface area contributed by atoms with Crippen LogP contribution in [0.2, 0.25) is 0 Å². The van der Waals surface area contributed by atoms with Crippen molar-refractivity contribution in [1.29, 1.82) is 0 Å². The number of carbonyl (C=O) groups is 3. The molecule has 2 aliphatic heterocycles. The fraction of sp³-hybridized carbons (Fsp3) is 0.306. The van der Waals surface area contributed by atoms with Crippen LogP contribution in [0.25, 0.3) is 10.8 Å². The van der Waals surface area contributed by atoms with Crippen molar-refractivity contribution in [3.63, 3.8) is 0 Å². The van der Waals surface area contributed by atoms with Crippen LogP contribution in [0.5, 0.6) is 5.75 Å². The van der Waals surface area contributed by atoms with E-state index in [1.165, 1.54) is 12.1 Å². The molecule has 1 N–H and O–H groups in total. The van der Waals surface area contributed by atoms with Crippen molar-refractivity contribution < 1.29 is 24.0 Å². The minimum absolute atomic E-state index is 0.0548. The van der Waals surface area contributed by atoms with Crippen LogP contribution < -0.4 is 10.1 Å². The van der Waals surface area contributed by atoms with Crippen molar-refractivity contribution in [3.05, 3.63) is 118 Å². The van der Waals surface area contributed by atoms with E-state index < -0.39 is 17.1 Å². The Bertz CT molecular complexity index is 1820. The molecular weight excluding hydrogens is 612 g/mol. The Morgan fingerprint density at radius 3 is 2.35 bits per heavy atom. The molecule has 0 radical (unpaired) electrons. The zero-order valence-corrected chi connectivity index (χ0v) is 27.1. The van der Waals surface area contributed by atoms with Gasteiger partial charge in [-0.25, -0.2) is 4.79 Å². The maximum absolute atomic E-state index is 14.3. The molecule has 12 nitrogen and oxygen atoms in total. The number of nitro benzene ring substituents is 1. The first-order valence-corrected chi connectivity index (χ1v) is 15.9. The maximum Gasteiger partial charge on any atom is 0.332 e. The molecule has 0 saturated carbocycles. The number of methoxy groups -OCH3 is 1. The monoisotopic (exact) mass is 650 g/mol. The number of piperazine rings is 1. The second kappa shape index (κ2) is 13.7. The molecule has 48 heavy (non-hydrogen) atoms. The largest absolute Gasteiger partial charge is 0.497 e. The van der Waals surface area contributed by atoms with Crippen molar-refractivity contribution in [1.82, 2.24) is 25.1 Å². The Balaban J connectivity index is 1.31. The number of non-ortho nitro benzene ring substituents is 1. The lowest BCUT2D eigenvalue weighted by atomic mass is 9.98. The van der Waals surface area contributed by atoms with Gasteiger partial charge in [-0.2, -0.15) is 5.01 Å². The highest BCUT2D eigenvalue weighted by molar-refractivity contribution is 5.92. The maximum atomic E-state index is 14.3. The molecule has 0 spiro atoms. The molecule has 2 fully saturated rings. The summed E-state index contributed by atoms with van der Waals surface area (Å²) >= 11 is 0. The molecule has 4 aromatic carbocycles. The fourth-order valence-electron chi connectivity index (χ4n) is 6.63. The number of hydrogen-bond donors (Lipinski definition) is 1. The number of ether oxygens (including phenoxy) is 1. The molecule has 2 saturated heterocycles. The smallest absolute Gasteiger partial charge is 0.332 e. The minimum atomic E-state index is -0.867. The van der Waals surface area contributed by atoms with Gasteiger partial charge in [0.1, 0.15) is 18.0 Å². The topological polar surface area (TPSA) is 129 Å². The fourth-order valence-corrected chi connectivity index (χ4v) is 6.63. The van der Waals surface area contributed by atoms with Gasteiger partial charge in [0.2, 0.25) is 11.8 Å². The van der Waals surface area contributed by atoms with Gasteiger partial charge in [0.15, 0.2) is 0 Å². The number of carbonyl (C=O) groups excluding carboxylic acids is 3. The first-order valence-electron chi connectivity index (χ1n) is 15.9. The molecule has 4 aromatic rings. The number of rotatable bonds is 10. The van der Waals surface area contributed by atoms with Gasteiger partial charge < -0.3 is 19.9 Å². The summed E-state index contributed by atoms with van der Waals surface area (Å²) in [5.74, 6) is 0.235. The third-order valence-electron chi connectivity index (χ3n) is 8.96. The van der Waals surface area contributed by atoms with Crippen LogP contribution in [0, 0.1) is 10.1 Å². The van der Waals surface area contributed by atoms with Crippen molar-refractivity contribution in [3.8, 4) is 5.75 Å². The van der Waals surface area contributed by atoms with Gasteiger partial charge in [-0.15, -0.1) is 0 Å². The summed E-state index contributed by atoms with van der Waals surface area (Å²) < 4.78 is 5.23. The lowest BCUT2D eigenvalue weighted by Gasteiger charge is -2.47. The predicted molar refractivity (Wildman–Crippen MR) is 179 cm³/mol.